The summed E-state index contributed by atoms with van der Waals surface area (Å²) in [6, 6.07) is 0.0169. The number of alkyl halides is 3. The van der Waals surface area contributed by atoms with Gasteiger partial charge in [-0.2, -0.15) is 0 Å². The first-order valence-electron chi connectivity index (χ1n) is 2.22. The van der Waals surface area contributed by atoms with Crippen LogP contribution in [0, 0.1) is 0 Å². The highest BCUT2D eigenvalue weighted by molar-refractivity contribution is 6.25. The van der Waals surface area contributed by atoms with Gasteiger partial charge < -0.3 is 4.74 Å². The second-order valence-corrected chi connectivity index (χ2v) is 2.58. The molecule has 0 saturated heterocycles. The largest absolute Gasteiger partial charge is 0.358 e. The topological polar surface area (TPSA) is 9.23 Å². The van der Waals surface area contributed by atoms with Crippen LogP contribution in [0.1, 0.15) is 6.42 Å². The summed E-state index contributed by atoms with van der Waals surface area (Å²) in [5.74, 6) is 0. The van der Waals surface area contributed by atoms with Crippen molar-refractivity contribution >= 4 is 23.2 Å². The lowest BCUT2D eigenvalue weighted by Crippen LogP contribution is -2.00. The van der Waals surface area contributed by atoms with E-state index in [-0.39, 0.29) is 12.5 Å². The van der Waals surface area contributed by atoms with Crippen LogP contribution in [-0.4, -0.2) is 17.3 Å². The maximum Gasteiger partial charge on any atom is 0.212 e. The second-order valence-electron chi connectivity index (χ2n) is 1.73. The molecule has 0 bridgehead atoms. The zero-order valence-electron chi connectivity index (χ0n) is 4.03. The predicted molar refractivity (Wildman–Crippen MR) is 29.9 cm³/mol. The Balaban J connectivity index is 2.17. The van der Waals surface area contributed by atoms with Crippen LogP contribution >= 0.6 is 23.2 Å². The van der Waals surface area contributed by atoms with E-state index in [0.717, 1.165) is 0 Å². The minimum Gasteiger partial charge on any atom is -0.358 e. The number of halogens is 3. The molecule has 0 radical (unpaired) electrons. The first kappa shape index (κ1) is 6.59. The molecule has 0 N–H and O–H groups in total. The van der Waals surface area contributed by atoms with E-state index in [0.29, 0.717) is 0 Å². The molecule has 0 aromatic carbocycles. The minimum absolute atomic E-state index is 0.0169. The van der Waals surface area contributed by atoms with Crippen LogP contribution in [0.25, 0.3) is 0 Å². The van der Waals surface area contributed by atoms with Gasteiger partial charge in [0.15, 0.2) is 0 Å². The van der Waals surface area contributed by atoms with Crippen LogP contribution in [0.3, 0.4) is 0 Å². The Morgan fingerprint density at radius 2 is 2.38 bits per heavy atom. The van der Waals surface area contributed by atoms with E-state index in [1.54, 1.807) is 0 Å². The predicted octanol–water partition coefficient (Wildman–Crippen LogP) is 1.88. The summed E-state index contributed by atoms with van der Waals surface area (Å²) >= 11 is 10.3. The number of rotatable bonds is 2. The van der Waals surface area contributed by atoms with Crippen molar-refractivity contribution < 1.29 is 9.13 Å². The molecule has 0 aromatic rings. The third-order valence-corrected chi connectivity index (χ3v) is 1.56. The molecule has 4 heteroatoms. The maximum absolute atomic E-state index is 12.2. The lowest BCUT2D eigenvalue weighted by atomic mass is 10.8. The molecule has 2 unspecified atom stereocenters. The van der Waals surface area contributed by atoms with E-state index >= 15 is 0 Å². The summed E-state index contributed by atoms with van der Waals surface area (Å²) in [4.78, 5) is 0. The average Bonchev–Trinajstić information content (AvgIpc) is 2.15. The molecule has 0 aromatic heterocycles. The Kier molecular flexibility index (Phi) is 1.66. The highest BCUT2D eigenvalue weighted by Gasteiger charge is 2.55. The fraction of sp³-hybridized carbons (Fsp3) is 1.00. The van der Waals surface area contributed by atoms with Gasteiger partial charge in [-0.1, -0.05) is 23.2 Å². The zero-order valence-corrected chi connectivity index (χ0v) is 5.55. The number of ether oxygens (including phenoxy) is 1. The van der Waals surface area contributed by atoms with Crippen LogP contribution in [0.4, 0.5) is 4.39 Å². The van der Waals surface area contributed by atoms with E-state index in [1.807, 2.05) is 0 Å². The van der Waals surface area contributed by atoms with Gasteiger partial charge in [-0.05, 0) is 0 Å². The molecule has 1 aliphatic rings. The molecule has 0 aliphatic heterocycles. The van der Waals surface area contributed by atoms with Crippen molar-refractivity contribution in [1.82, 2.24) is 0 Å². The van der Waals surface area contributed by atoms with Gasteiger partial charge >= 0.3 is 0 Å². The van der Waals surface area contributed by atoms with Gasteiger partial charge in [0, 0.05) is 6.42 Å². The Hall–Kier alpha value is 0.470. The van der Waals surface area contributed by atoms with Crippen LogP contribution in [0.2, 0.25) is 0 Å². The van der Waals surface area contributed by atoms with E-state index in [4.69, 9.17) is 23.2 Å². The third-order valence-electron chi connectivity index (χ3n) is 1.03. The van der Waals surface area contributed by atoms with Crippen molar-refractivity contribution in [3.8, 4) is 0 Å². The molecule has 8 heavy (non-hydrogen) atoms. The summed E-state index contributed by atoms with van der Waals surface area (Å²) in [5, 5.41) is -1.62. The Bertz CT molecular complexity index is 96.0. The minimum atomic E-state index is -1.62. The van der Waals surface area contributed by atoms with E-state index < -0.39 is 11.2 Å². The number of hydrogen-bond acceptors (Lipinski definition) is 1. The highest BCUT2D eigenvalue weighted by Crippen LogP contribution is 2.46. The fourth-order valence-electron chi connectivity index (χ4n) is 0.445. The zero-order chi connectivity index (χ0) is 6.20. The first-order chi connectivity index (χ1) is 3.67. The quantitative estimate of drug-likeness (QED) is 0.559. The molecule has 48 valence electrons. The summed E-state index contributed by atoms with van der Waals surface area (Å²) < 4.78 is 16.9. The summed E-state index contributed by atoms with van der Waals surface area (Å²) in [6.07, 6.45) is -0.206. The molecule has 2 atom stereocenters. The van der Waals surface area contributed by atoms with Gasteiger partial charge in [-0.3, -0.25) is 0 Å². The third kappa shape index (κ3) is 1.24. The maximum atomic E-state index is 12.2. The lowest BCUT2D eigenvalue weighted by molar-refractivity contribution is 0.132. The molecular formula is C4H5Cl2FO. The molecule has 1 fully saturated rings. The monoisotopic (exact) mass is 158 g/mol. The van der Waals surface area contributed by atoms with Crippen molar-refractivity contribution in [3.05, 3.63) is 0 Å². The molecular weight excluding hydrogens is 154 g/mol. The van der Waals surface area contributed by atoms with Gasteiger partial charge in [-0.25, -0.2) is 4.39 Å². The molecule has 0 spiro atoms. The second kappa shape index (κ2) is 2.01. The van der Waals surface area contributed by atoms with Gasteiger partial charge in [0.1, 0.15) is 12.2 Å². The van der Waals surface area contributed by atoms with Crippen molar-refractivity contribution in [2.24, 2.45) is 0 Å². The smallest absolute Gasteiger partial charge is 0.212 e. The summed E-state index contributed by atoms with van der Waals surface area (Å²) in [5.41, 5.74) is 0. The molecule has 1 aliphatic carbocycles. The van der Waals surface area contributed by atoms with Crippen molar-refractivity contribution in [2.75, 3.05) is 6.07 Å². The molecule has 1 rings (SSSR count). The molecule has 0 amide bonds. The van der Waals surface area contributed by atoms with E-state index in [9.17, 15) is 4.39 Å². The molecule has 1 saturated carbocycles. The standard InChI is InChI=1S/C4H5Cl2FO/c5-2-8-3-1-4(3,6)7/h3H,1-2H2. The Labute approximate surface area is 56.7 Å². The normalized spacial score (nSPS) is 44.6. The van der Waals surface area contributed by atoms with E-state index in [2.05, 4.69) is 4.74 Å². The van der Waals surface area contributed by atoms with Gasteiger partial charge in [-0.15, -0.1) is 0 Å². The summed E-state index contributed by atoms with van der Waals surface area (Å²) in [7, 11) is 0. The van der Waals surface area contributed by atoms with Crippen LogP contribution < -0.4 is 0 Å². The van der Waals surface area contributed by atoms with Gasteiger partial charge in [0.25, 0.3) is 0 Å². The highest BCUT2D eigenvalue weighted by atomic mass is 35.5. The SMILES string of the molecule is FC1(Cl)CC1OCCl. The van der Waals surface area contributed by atoms with Crippen LogP contribution in [0.15, 0.2) is 0 Å². The molecule has 1 nitrogen and oxygen atoms in total. The average molecular weight is 159 g/mol. The van der Waals surface area contributed by atoms with Gasteiger partial charge in [0.2, 0.25) is 5.13 Å². The van der Waals surface area contributed by atoms with Crippen molar-refractivity contribution in [3.63, 3.8) is 0 Å². The Morgan fingerprint density at radius 1 is 1.88 bits per heavy atom. The molecule has 0 heterocycles. The fourth-order valence-corrected chi connectivity index (χ4v) is 0.800. The lowest BCUT2D eigenvalue weighted by Gasteiger charge is -1.94. The van der Waals surface area contributed by atoms with Crippen LogP contribution in [0.5, 0.6) is 0 Å². The van der Waals surface area contributed by atoms with Crippen molar-refractivity contribution in [1.29, 1.82) is 0 Å². The summed E-state index contributed by atoms with van der Waals surface area (Å²) in [6.45, 7) is 0. The first-order valence-corrected chi connectivity index (χ1v) is 3.13. The number of hydrogen-bond donors (Lipinski definition) is 0. The van der Waals surface area contributed by atoms with Crippen molar-refractivity contribution in [2.45, 2.75) is 17.7 Å². The van der Waals surface area contributed by atoms with Gasteiger partial charge in [0.05, 0.1) is 0 Å². The Morgan fingerprint density at radius 3 is 2.50 bits per heavy atom. The van der Waals surface area contributed by atoms with E-state index in [1.165, 1.54) is 0 Å². The van der Waals surface area contributed by atoms with Crippen LogP contribution in [-0.2, 0) is 4.74 Å².